The summed E-state index contributed by atoms with van der Waals surface area (Å²) in [6.45, 7) is 2.06. The maximum absolute atomic E-state index is 12.0. The van der Waals surface area contributed by atoms with Crippen molar-refractivity contribution in [3.05, 3.63) is 36.0 Å². The molecule has 3 rings (SSSR count). The number of para-hydroxylation sites is 1. The lowest BCUT2D eigenvalue weighted by atomic mass is 9.90. The standard InChI is InChI=1S/C15H17N3O2/c1-3-9(13-14(19)18-15(16-2)20-13)11-8-17-12-7-5-4-6-10(11)12/h4-9,13,17H,3H2,1-2H3,(H,16,18,19)/t9-,13-/m0/s1. The first-order chi connectivity index (χ1) is 9.74. The second kappa shape index (κ2) is 5.00. The lowest BCUT2D eigenvalue weighted by molar-refractivity contribution is -0.124. The van der Waals surface area contributed by atoms with E-state index in [1.807, 2.05) is 24.4 Å². The predicted molar refractivity (Wildman–Crippen MR) is 77.7 cm³/mol. The van der Waals surface area contributed by atoms with Crippen molar-refractivity contribution < 1.29 is 9.53 Å². The Balaban J connectivity index is 2.00. The van der Waals surface area contributed by atoms with Crippen LogP contribution in [0.5, 0.6) is 0 Å². The maximum Gasteiger partial charge on any atom is 0.292 e. The van der Waals surface area contributed by atoms with E-state index in [0.717, 1.165) is 22.9 Å². The van der Waals surface area contributed by atoms with Gasteiger partial charge in [-0.15, -0.1) is 0 Å². The highest BCUT2D eigenvalue weighted by Crippen LogP contribution is 2.33. The number of nitrogens with one attached hydrogen (secondary N) is 2. The summed E-state index contributed by atoms with van der Waals surface area (Å²) in [6.07, 6.45) is 2.27. The quantitative estimate of drug-likeness (QED) is 0.898. The summed E-state index contributed by atoms with van der Waals surface area (Å²) in [5.41, 5.74) is 2.18. The SMILES string of the molecule is CC[C@@H](c1c[nH]c2ccccc12)[C@@H]1OC(=NC)NC1=O. The summed E-state index contributed by atoms with van der Waals surface area (Å²) < 4.78 is 5.62. The number of ether oxygens (including phenoxy) is 1. The third-order valence-electron chi connectivity index (χ3n) is 3.76. The molecule has 1 aliphatic heterocycles. The Morgan fingerprint density at radius 3 is 2.90 bits per heavy atom. The van der Waals surface area contributed by atoms with E-state index in [0.29, 0.717) is 6.02 Å². The van der Waals surface area contributed by atoms with Gasteiger partial charge in [-0.1, -0.05) is 25.1 Å². The van der Waals surface area contributed by atoms with Gasteiger partial charge in [0.2, 0.25) is 0 Å². The topological polar surface area (TPSA) is 66.5 Å². The molecule has 0 unspecified atom stereocenters. The highest BCUT2D eigenvalue weighted by molar-refractivity contribution is 6.02. The smallest absolute Gasteiger partial charge is 0.292 e. The Hall–Kier alpha value is -2.30. The molecular weight excluding hydrogens is 254 g/mol. The number of amides is 1. The van der Waals surface area contributed by atoms with E-state index >= 15 is 0 Å². The van der Waals surface area contributed by atoms with Crippen molar-refractivity contribution in [3.63, 3.8) is 0 Å². The van der Waals surface area contributed by atoms with Gasteiger partial charge in [0.1, 0.15) is 0 Å². The first-order valence-electron chi connectivity index (χ1n) is 6.75. The molecule has 5 heteroatoms. The zero-order valence-corrected chi connectivity index (χ0v) is 11.5. The van der Waals surface area contributed by atoms with Crippen LogP contribution in [0.4, 0.5) is 0 Å². The Kier molecular flexibility index (Phi) is 3.18. The lowest BCUT2D eigenvalue weighted by Crippen LogP contribution is -2.29. The summed E-state index contributed by atoms with van der Waals surface area (Å²) in [6, 6.07) is 8.38. The van der Waals surface area contributed by atoms with Crippen LogP contribution in [0.15, 0.2) is 35.5 Å². The maximum atomic E-state index is 12.0. The number of amidine groups is 1. The Labute approximate surface area is 117 Å². The highest BCUT2D eigenvalue weighted by Gasteiger charge is 2.38. The molecule has 1 saturated heterocycles. The van der Waals surface area contributed by atoms with Gasteiger partial charge in [-0.3, -0.25) is 10.1 Å². The zero-order chi connectivity index (χ0) is 14.1. The molecule has 1 aliphatic rings. The van der Waals surface area contributed by atoms with E-state index in [4.69, 9.17) is 4.74 Å². The summed E-state index contributed by atoms with van der Waals surface area (Å²) >= 11 is 0. The van der Waals surface area contributed by atoms with Gasteiger partial charge >= 0.3 is 0 Å². The molecule has 1 aromatic carbocycles. The zero-order valence-electron chi connectivity index (χ0n) is 11.5. The fourth-order valence-corrected chi connectivity index (χ4v) is 2.75. The first-order valence-corrected chi connectivity index (χ1v) is 6.75. The fraction of sp³-hybridized carbons (Fsp3) is 0.333. The first kappa shape index (κ1) is 12.7. The number of rotatable bonds is 3. The predicted octanol–water partition coefficient (Wildman–Crippen LogP) is 2.16. The Morgan fingerprint density at radius 1 is 1.40 bits per heavy atom. The molecule has 0 radical (unpaired) electrons. The number of aromatic amines is 1. The van der Waals surface area contributed by atoms with Crippen molar-refractivity contribution in [1.82, 2.24) is 10.3 Å². The molecule has 2 heterocycles. The molecule has 1 fully saturated rings. The van der Waals surface area contributed by atoms with Crippen LogP contribution in [0.3, 0.4) is 0 Å². The number of carbonyl (C=O) groups excluding carboxylic acids is 1. The number of benzene rings is 1. The summed E-state index contributed by atoms with van der Waals surface area (Å²) in [5, 5.41) is 3.79. The Bertz CT molecular complexity index is 675. The second-order valence-electron chi connectivity index (χ2n) is 4.86. The number of hydrogen-bond donors (Lipinski definition) is 2. The minimum atomic E-state index is -0.516. The van der Waals surface area contributed by atoms with Crippen LogP contribution in [-0.2, 0) is 9.53 Å². The molecular formula is C15H17N3O2. The molecule has 0 saturated carbocycles. The van der Waals surface area contributed by atoms with E-state index < -0.39 is 6.10 Å². The average molecular weight is 271 g/mol. The number of carbonyl (C=O) groups is 1. The van der Waals surface area contributed by atoms with Crippen molar-refractivity contribution in [2.75, 3.05) is 7.05 Å². The van der Waals surface area contributed by atoms with Gasteiger partial charge in [-0.05, 0) is 18.1 Å². The van der Waals surface area contributed by atoms with Gasteiger partial charge in [-0.25, -0.2) is 4.99 Å². The molecule has 5 nitrogen and oxygen atoms in total. The van der Waals surface area contributed by atoms with Crippen molar-refractivity contribution in [2.24, 2.45) is 4.99 Å². The van der Waals surface area contributed by atoms with Gasteiger partial charge in [0.15, 0.2) is 6.10 Å². The number of aliphatic imine (C=N–C) groups is 1. The molecule has 2 atom stereocenters. The van der Waals surface area contributed by atoms with Gasteiger partial charge in [0.25, 0.3) is 11.9 Å². The molecule has 1 amide bonds. The van der Waals surface area contributed by atoms with Crippen molar-refractivity contribution in [3.8, 4) is 0 Å². The monoisotopic (exact) mass is 271 g/mol. The van der Waals surface area contributed by atoms with E-state index in [-0.39, 0.29) is 11.8 Å². The van der Waals surface area contributed by atoms with Gasteiger partial charge in [0.05, 0.1) is 0 Å². The second-order valence-corrected chi connectivity index (χ2v) is 4.86. The van der Waals surface area contributed by atoms with Gasteiger partial charge in [-0.2, -0.15) is 0 Å². The van der Waals surface area contributed by atoms with Gasteiger partial charge in [0, 0.05) is 30.1 Å². The van der Waals surface area contributed by atoms with E-state index in [1.54, 1.807) is 7.05 Å². The van der Waals surface area contributed by atoms with Gasteiger partial charge < -0.3 is 9.72 Å². The molecule has 0 aliphatic carbocycles. The van der Waals surface area contributed by atoms with Crippen molar-refractivity contribution in [1.29, 1.82) is 0 Å². The van der Waals surface area contributed by atoms with Crippen LogP contribution < -0.4 is 5.32 Å². The van der Waals surface area contributed by atoms with E-state index in [9.17, 15) is 4.79 Å². The molecule has 1 aromatic heterocycles. The molecule has 2 N–H and O–H groups in total. The minimum Gasteiger partial charge on any atom is -0.451 e. The number of nitrogens with zero attached hydrogens (tertiary/aromatic N) is 1. The molecule has 0 spiro atoms. The summed E-state index contributed by atoms with van der Waals surface area (Å²) in [7, 11) is 1.60. The molecule has 0 bridgehead atoms. The van der Waals surface area contributed by atoms with Crippen LogP contribution >= 0.6 is 0 Å². The fourth-order valence-electron chi connectivity index (χ4n) is 2.75. The van der Waals surface area contributed by atoms with Crippen LogP contribution in [0, 0.1) is 0 Å². The minimum absolute atomic E-state index is 0.00500. The largest absolute Gasteiger partial charge is 0.451 e. The normalized spacial score (nSPS) is 22.0. The van der Waals surface area contributed by atoms with E-state index in [1.165, 1.54) is 0 Å². The van der Waals surface area contributed by atoms with Crippen LogP contribution in [0.25, 0.3) is 10.9 Å². The number of H-pyrrole nitrogens is 1. The number of aromatic nitrogens is 1. The van der Waals surface area contributed by atoms with Crippen LogP contribution in [0.2, 0.25) is 0 Å². The third-order valence-corrected chi connectivity index (χ3v) is 3.76. The molecule has 2 aromatic rings. The Morgan fingerprint density at radius 2 is 2.20 bits per heavy atom. The average Bonchev–Trinajstić information content (AvgIpc) is 3.05. The number of fused-ring (bicyclic) bond motifs is 1. The van der Waals surface area contributed by atoms with E-state index in [2.05, 4.69) is 28.3 Å². The van der Waals surface area contributed by atoms with Crippen LogP contribution in [-0.4, -0.2) is 30.1 Å². The highest BCUT2D eigenvalue weighted by atomic mass is 16.5. The van der Waals surface area contributed by atoms with Crippen molar-refractivity contribution >= 4 is 22.8 Å². The molecule has 20 heavy (non-hydrogen) atoms. The lowest BCUT2D eigenvalue weighted by Gasteiger charge is -2.18. The van der Waals surface area contributed by atoms with Crippen LogP contribution in [0.1, 0.15) is 24.8 Å². The third kappa shape index (κ3) is 1.95. The number of hydrogen-bond acceptors (Lipinski definition) is 3. The summed E-state index contributed by atoms with van der Waals surface area (Å²) in [4.78, 5) is 19.2. The van der Waals surface area contributed by atoms with Crippen molar-refractivity contribution in [2.45, 2.75) is 25.4 Å². The molecule has 104 valence electrons. The summed E-state index contributed by atoms with van der Waals surface area (Å²) in [5.74, 6) is -0.117.